The standard InChI is InChI=1S/C12H12N2O2/c15-11-3-1-2-9(6-11)13-7-10-4-5-12(16)8-14-10/h1-6,8,13,15-16H,7H2. The Morgan fingerprint density at radius 3 is 2.62 bits per heavy atom. The zero-order chi connectivity index (χ0) is 11.4. The highest BCUT2D eigenvalue weighted by Gasteiger charge is 1.96. The minimum atomic E-state index is 0.154. The first kappa shape index (κ1) is 10.3. The van der Waals surface area contributed by atoms with Crippen molar-refractivity contribution in [2.75, 3.05) is 5.32 Å². The van der Waals surface area contributed by atoms with E-state index in [0.717, 1.165) is 11.4 Å². The van der Waals surface area contributed by atoms with Gasteiger partial charge in [0.1, 0.15) is 11.5 Å². The van der Waals surface area contributed by atoms with Crippen LogP contribution in [0, 0.1) is 0 Å². The van der Waals surface area contributed by atoms with Crippen LogP contribution < -0.4 is 5.32 Å². The summed E-state index contributed by atoms with van der Waals surface area (Å²) in [5, 5.41) is 21.4. The van der Waals surface area contributed by atoms with E-state index in [0.29, 0.717) is 6.54 Å². The van der Waals surface area contributed by atoms with Gasteiger partial charge in [0.05, 0.1) is 18.4 Å². The molecule has 0 radical (unpaired) electrons. The van der Waals surface area contributed by atoms with Gasteiger partial charge >= 0.3 is 0 Å². The molecule has 82 valence electrons. The van der Waals surface area contributed by atoms with E-state index in [4.69, 9.17) is 5.11 Å². The maximum absolute atomic E-state index is 9.26. The zero-order valence-corrected chi connectivity index (χ0v) is 8.59. The molecule has 0 bridgehead atoms. The average molecular weight is 216 g/mol. The molecule has 0 amide bonds. The summed E-state index contributed by atoms with van der Waals surface area (Å²) < 4.78 is 0. The number of pyridine rings is 1. The molecule has 16 heavy (non-hydrogen) atoms. The second-order valence-corrected chi connectivity index (χ2v) is 3.41. The third kappa shape index (κ3) is 2.63. The molecular weight excluding hydrogens is 204 g/mol. The summed E-state index contributed by atoms with van der Waals surface area (Å²) in [5.41, 5.74) is 1.65. The van der Waals surface area contributed by atoms with Crippen molar-refractivity contribution in [1.29, 1.82) is 0 Å². The molecule has 0 aliphatic heterocycles. The van der Waals surface area contributed by atoms with Crippen molar-refractivity contribution in [2.45, 2.75) is 6.54 Å². The van der Waals surface area contributed by atoms with Gasteiger partial charge in [-0.2, -0.15) is 0 Å². The lowest BCUT2D eigenvalue weighted by Gasteiger charge is -2.06. The predicted octanol–water partition coefficient (Wildman–Crippen LogP) is 2.10. The van der Waals surface area contributed by atoms with Crippen molar-refractivity contribution in [3.05, 3.63) is 48.3 Å². The Labute approximate surface area is 93.2 Å². The second kappa shape index (κ2) is 4.53. The minimum absolute atomic E-state index is 0.154. The molecule has 4 heteroatoms. The fourth-order valence-electron chi connectivity index (χ4n) is 1.33. The number of hydrogen-bond acceptors (Lipinski definition) is 4. The highest BCUT2D eigenvalue weighted by molar-refractivity contribution is 5.47. The molecule has 1 heterocycles. The van der Waals surface area contributed by atoms with Crippen LogP contribution in [-0.2, 0) is 6.54 Å². The van der Waals surface area contributed by atoms with Crippen LogP contribution in [0.2, 0.25) is 0 Å². The summed E-state index contributed by atoms with van der Waals surface area (Å²) in [7, 11) is 0. The van der Waals surface area contributed by atoms with Gasteiger partial charge < -0.3 is 15.5 Å². The first-order chi connectivity index (χ1) is 7.74. The fraction of sp³-hybridized carbons (Fsp3) is 0.0833. The molecule has 1 aromatic carbocycles. The van der Waals surface area contributed by atoms with Crippen molar-refractivity contribution in [1.82, 2.24) is 4.98 Å². The first-order valence-electron chi connectivity index (χ1n) is 4.91. The summed E-state index contributed by atoms with van der Waals surface area (Å²) in [6.45, 7) is 0.545. The van der Waals surface area contributed by atoms with E-state index in [1.807, 2.05) is 6.07 Å². The molecular formula is C12H12N2O2. The Morgan fingerprint density at radius 1 is 1.06 bits per heavy atom. The number of benzene rings is 1. The highest BCUT2D eigenvalue weighted by atomic mass is 16.3. The van der Waals surface area contributed by atoms with Gasteiger partial charge in [0.25, 0.3) is 0 Å². The maximum Gasteiger partial charge on any atom is 0.133 e. The average Bonchev–Trinajstić information content (AvgIpc) is 2.28. The Balaban J connectivity index is 1.99. The predicted molar refractivity (Wildman–Crippen MR) is 61.3 cm³/mol. The van der Waals surface area contributed by atoms with Crippen molar-refractivity contribution in [2.24, 2.45) is 0 Å². The molecule has 0 saturated heterocycles. The van der Waals surface area contributed by atoms with E-state index >= 15 is 0 Å². The Morgan fingerprint density at radius 2 is 1.94 bits per heavy atom. The Hall–Kier alpha value is -2.23. The van der Waals surface area contributed by atoms with Crippen LogP contribution in [0.4, 0.5) is 5.69 Å². The lowest BCUT2D eigenvalue weighted by Crippen LogP contribution is -2.00. The van der Waals surface area contributed by atoms with Gasteiger partial charge in [0, 0.05) is 11.8 Å². The molecule has 0 aliphatic carbocycles. The summed E-state index contributed by atoms with van der Waals surface area (Å²) in [6, 6.07) is 10.2. The molecule has 2 rings (SSSR count). The van der Waals surface area contributed by atoms with Gasteiger partial charge in [-0.1, -0.05) is 6.07 Å². The van der Waals surface area contributed by atoms with Gasteiger partial charge in [-0.25, -0.2) is 0 Å². The fourth-order valence-corrected chi connectivity index (χ4v) is 1.33. The minimum Gasteiger partial charge on any atom is -0.508 e. The largest absolute Gasteiger partial charge is 0.508 e. The molecule has 0 unspecified atom stereocenters. The number of phenols is 1. The third-order valence-electron chi connectivity index (χ3n) is 2.13. The van der Waals surface area contributed by atoms with E-state index < -0.39 is 0 Å². The van der Waals surface area contributed by atoms with Crippen molar-refractivity contribution in [3.8, 4) is 11.5 Å². The van der Waals surface area contributed by atoms with Crippen LogP contribution in [0.25, 0.3) is 0 Å². The number of phenolic OH excluding ortho intramolecular Hbond substituents is 1. The molecule has 2 aromatic rings. The SMILES string of the molecule is Oc1ccc(CNc2cccc(O)c2)nc1. The van der Waals surface area contributed by atoms with E-state index in [1.54, 1.807) is 30.3 Å². The smallest absolute Gasteiger partial charge is 0.133 e. The van der Waals surface area contributed by atoms with Crippen LogP contribution in [0.3, 0.4) is 0 Å². The highest BCUT2D eigenvalue weighted by Crippen LogP contribution is 2.16. The summed E-state index contributed by atoms with van der Waals surface area (Å²) in [6.07, 6.45) is 1.40. The molecule has 3 N–H and O–H groups in total. The van der Waals surface area contributed by atoms with Crippen LogP contribution in [0.1, 0.15) is 5.69 Å². The lowest BCUT2D eigenvalue weighted by molar-refractivity contribution is 0.472. The number of nitrogens with zero attached hydrogens (tertiary/aromatic N) is 1. The quantitative estimate of drug-likeness (QED) is 0.735. The number of anilines is 1. The third-order valence-corrected chi connectivity index (χ3v) is 2.13. The van der Waals surface area contributed by atoms with Crippen molar-refractivity contribution >= 4 is 5.69 Å². The number of rotatable bonds is 3. The molecule has 0 spiro atoms. The van der Waals surface area contributed by atoms with E-state index in [2.05, 4.69) is 10.3 Å². The van der Waals surface area contributed by atoms with Crippen LogP contribution in [0.15, 0.2) is 42.6 Å². The summed E-state index contributed by atoms with van der Waals surface area (Å²) in [4.78, 5) is 4.04. The number of aromatic hydroxyl groups is 2. The van der Waals surface area contributed by atoms with Crippen LogP contribution >= 0.6 is 0 Å². The molecule has 0 saturated carbocycles. The molecule has 0 atom stereocenters. The van der Waals surface area contributed by atoms with Crippen LogP contribution in [-0.4, -0.2) is 15.2 Å². The van der Waals surface area contributed by atoms with Gasteiger partial charge in [-0.15, -0.1) is 0 Å². The second-order valence-electron chi connectivity index (χ2n) is 3.41. The summed E-state index contributed by atoms with van der Waals surface area (Å²) >= 11 is 0. The van der Waals surface area contributed by atoms with Gasteiger partial charge in [-0.3, -0.25) is 4.98 Å². The molecule has 4 nitrogen and oxygen atoms in total. The number of aromatic nitrogens is 1. The maximum atomic E-state index is 9.26. The van der Waals surface area contributed by atoms with Crippen molar-refractivity contribution < 1.29 is 10.2 Å². The number of hydrogen-bond donors (Lipinski definition) is 3. The monoisotopic (exact) mass is 216 g/mol. The topological polar surface area (TPSA) is 65.4 Å². The molecule has 0 aliphatic rings. The van der Waals surface area contributed by atoms with E-state index in [9.17, 15) is 5.11 Å². The lowest BCUT2D eigenvalue weighted by atomic mass is 10.3. The summed E-state index contributed by atoms with van der Waals surface area (Å²) in [5.74, 6) is 0.379. The van der Waals surface area contributed by atoms with Gasteiger partial charge in [0.15, 0.2) is 0 Å². The normalized spacial score (nSPS) is 10.0. The first-order valence-corrected chi connectivity index (χ1v) is 4.91. The number of nitrogens with one attached hydrogen (secondary N) is 1. The zero-order valence-electron chi connectivity index (χ0n) is 8.59. The van der Waals surface area contributed by atoms with Gasteiger partial charge in [-0.05, 0) is 24.3 Å². The van der Waals surface area contributed by atoms with E-state index in [-0.39, 0.29) is 11.5 Å². The molecule has 1 aromatic heterocycles. The van der Waals surface area contributed by atoms with E-state index in [1.165, 1.54) is 6.20 Å². The Bertz CT molecular complexity index is 469. The molecule has 0 fully saturated rings. The Kier molecular flexibility index (Phi) is 2.91. The van der Waals surface area contributed by atoms with Crippen molar-refractivity contribution in [3.63, 3.8) is 0 Å². The van der Waals surface area contributed by atoms with Gasteiger partial charge in [0.2, 0.25) is 0 Å². The van der Waals surface area contributed by atoms with Crippen LogP contribution in [0.5, 0.6) is 11.5 Å².